The van der Waals surface area contributed by atoms with Crippen molar-refractivity contribution in [3.05, 3.63) is 0 Å². The van der Waals surface area contributed by atoms with Crippen molar-refractivity contribution in [3.8, 4) is 0 Å². The molecule has 9 nitrogen and oxygen atoms in total. The Hall–Kier alpha value is -1.68. The van der Waals surface area contributed by atoms with Crippen molar-refractivity contribution in [3.63, 3.8) is 0 Å². The van der Waals surface area contributed by atoms with Crippen LogP contribution in [0.3, 0.4) is 0 Å². The fourth-order valence-electron chi connectivity index (χ4n) is 2.49. The third kappa shape index (κ3) is 3.91. The Morgan fingerprint density at radius 3 is 2.67 bits per heavy atom. The van der Waals surface area contributed by atoms with E-state index in [1.54, 1.807) is 0 Å². The smallest absolute Gasteiger partial charge is 0.305 e. The van der Waals surface area contributed by atoms with Crippen LogP contribution in [-0.4, -0.2) is 79.4 Å². The third-order valence-corrected chi connectivity index (χ3v) is 5.23. The van der Waals surface area contributed by atoms with Gasteiger partial charge in [-0.2, -0.15) is 0 Å². The quantitative estimate of drug-likeness (QED) is 0.511. The summed E-state index contributed by atoms with van der Waals surface area (Å²) in [6, 6.07) is -1.52. The Kier molecular flexibility index (Phi) is 4.47. The zero-order valence-electron chi connectivity index (χ0n) is 11.2. The fourth-order valence-corrected chi connectivity index (χ4v) is 4.01. The number of nitrogens with zero attached hydrogens (tertiary/aromatic N) is 1. The van der Waals surface area contributed by atoms with Gasteiger partial charge in [0.25, 0.3) is 0 Å². The minimum absolute atomic E-state index is 0.00609. The number of carbonyl (C=O) groups is 3. The van der Waals surface area contributed by atoms with Crippen LogP contribution < -0.4 is 10.6 Å². The van der Waals surface area contributed by atoms with Gasteiger partial charge >= 0.3 is 5.97 Å². The number of carboxylic acid groups (broad SMARTS) is 1. The summed E-state index contributed by atoms with van der Waals surface area (Å²) < 4.78 is 23.3. The summed E-state index contributed by atoms with van der Waals surface area (Å²) in [5.74, 6) is -2.27. The predicted octanol–water partition coefficient (Wildman–Crippen LogP) is -2.83. The highest BCUT2D eigenvalue weighted by Gasteiger charge is 2.38. The molecule has 2 aliphatic heterocycles. The van der Waals surface area contributed by atoms with Crippen LogP contribution in [0.15, 0.2) is 0 Å². The molecule has 118 valence electrons. The Morgan fingerprint density at radius 2 is 2.10 bits per heavy atom. The number of rotatable bonds is 3. The zero-order chi connectivity index (χ0) is 15.6. The third-order valence-electron chi connectivity index (χ3n) is 3.53. The van der Waals surface area contributed by atoms with Crippen LogP contribution in [-0.2, 0) is 24.2 Å². The summed E-state index contributed by atoms with van der Waals surface area (Å²) in [5, 5.41) is 14.2. The van der Waals surface area contributed by atoms with Crippen LogP contribution in [0.4, 0.5) is 0 Å². The molecule has 2 unspecified atom stereocenters. The molecular weight excluding hydrogens is 302 g/mol. The van der Waals surface area contributed by atoms with Gasteiger partial charge in [-0.1, -0.05) is 0 Å². The maximum absolute atomic E-state index is 12.4. The molecule has 0 radical (unpaired) electrons. The van der Waals surface area contributed by atoms with Crippen LogP contribution in [0.25, 0.3) is 0 Å². The highest BCUT2D eigenvalue weighted by molar-refractivity contribution is 7.91. The molecule has 0 aliphatic carbocycles. The first-order chi connectivity index (χ1) is 9.78. The first kappa shape index (κ1) is 15.7. The summed E-state index contributed by atoms with van der Waals surface area (Å²) in [7, 11) is -3.33. The van der Waals surface area contributed by atoms with E-state index in [0.29, 0.717) is 0 Å². The first-order valence-corrected chi connectivity index (χ1v) is 8.33. The number of hydrogen-bond acceptors (Lipinski definition) is 6. The molecule has 0 spiro atoms. The van der Waals surface area contributed by atoms with Crippen molar-refractivity contribution in [2.24, 2.45) is 0 Å². The maximum atomic E-state index is 12.4. The normalized spacial score (nSPS) is 28.8. The number of hydrogen-bond donors (Lipinski definition) is 3. The van der Waals surface area contributed by atoms with Crippen LogP contribution in [0.5, 0.6) is 0 Å². The Balaban J connectivity index is 2.09. The first-order valence-electron chi connectivity index (χ1n) is 6.51. The Bertz CT molecular complexity index is 550. The molecule has 2 atom stereocenters. The zero-order valence-corrected chi connectivity index (χ0v) is 12.1. The molecule has 0 aromatic carbocycles. The van der Waals surface area contributed by atoms with Crippen molar-refractivity contribution in [1.82, 2.24) is 15.5 Å². The van der Waals surface area contributed by atoms with Crippen molar-refractivity contribution >= 4 is 27.6 Å². The fraction of sp³-hybridized carbons (Fsp3) is 0.727. The summed E-state index contributed by atoms with van der Waals surface area (Å²) in [6.45, 7) is 0.0953. The molecule has 0 aromatic heterocycles. The van der Waals surface area contributed by atoms with Crippen LogP contribution >= 0.6 is 0 Å². The molecule has 0 saturated carbocycles. The summed E-state index contributed by atoms with van der Waals surface area (Å²) in [6.07, 6.45) is -0.413. The topological polar surface area (TPSA) is 133 Å². The van der Waals surface area contributed by atoms with Crippen molar-refractivity contribution in [2.45, 2.75) is 18.5 Å². The summed E-state index contributed by atoms with van der Waals surface area (Å²) in [5.41, 5.74) is 0. The average molecular weight is 319 g/mol. The lowest BCUT2D eigenvalue weighted by Crippen LogP contribution is -2.62. The second kappa shape index (κ2) is 5.98. The van der Waals surface area contributed by atoms with Gasteiger partial charge in [-0.25, -0.2) is 8.42 Å². The van der Waals surface area contributed by atoms with E-state index in [1.807, 2.05) is 0 Å². The molecule has 0 aromatic rings. The van der Waals surface area contributed by atoms with Gasteiger partial charge in [0, 0.05) is 13.1 Å². The molecule has 10 heteroatoms. The molecule has 0 bridgehead atoms. The van der Waals surface area contributed by atoms with Gasteiger partial charge in [-0.3, -0.25) is 19.7 Å². The van der Waals surface area contributed by atoms with E-state index in [1.165, 1.54) is 4.90 Å². The van der Waals surface area contributed by atoms with Gasteiger partial charge < -0.3 is 15.3 Å². The molecule has 21 heavy (non-hydrogen) atoms. The second-order valence-corrected chi connectivity index (χ2v) is 7.36. The highest BCUT2D eigenvalue weighted by Crippen LogP contribution is 2.16. The van der Waals surface area contributed by atoms with E-state index >= 15 is 0 Å². The molecule has 2 amide bonds. The molecule has 2 fully saturated rings. The lowest BCUT2D eigenvalue weighted by atomic mass is 10.1. The molecule has 2 heterocycles. The van der Waals surface area contributed by atoms with Crippen LogP contribution in [0, 0.1) is 0 Å². The Morgan fingerprint density at radius 1 is 1.38 bits per heavy atom. The number of nitrogens with one attached hydrogen (secondary N) is 2. The van der Waals surface area contributed by atoms with Gasteiger partial charge in [-0.15, -0.1) is 0 Å². The van der Waals surface area contributed by atoms with Gasteiger partial charge in [0.15, 0.2) is 9.84 Å². The van der Waals surface area contributed by atoms with E-state index in [-0.39, 0.29) is 43.0 Å². The SMILES string of the molecule is O=C(O)CC1CS(=O)(=O)CCN1C(=O)C1CNC(=O)CN1. The number of aliphatic carboxylic acids is 1. The number of amides is 2. The largest absolute Gasteiger partial charge is 0.481 e. The van der Waals surface area contributed by atoms with Gasteiger partial charge in [0.2, 0.25) is 11.8 Å². The number of sulfone groups is 1. The number of carbonyl (C=O) groups excluding carboxylic acids is 2. The van der Waals surface area contributed by atoms with Crippen LogP contribution in [0.1, 0.15) is 6.42 Å². The van der Waals surface area contributed by atoms with Gasteiger partial charge in [0.05, 0.1) is 30.5 Å². The molecule has 2 saturated heterocycles. The minimum atomic E-state index is -3.33. The standard InChI is InChI=1S/C11H17N3O6S/c15-9-5-12-8(4-13-9)11(18)14-1-2-21(19,20)6-7(14)3-10(16)17/h7-8,12H,1-6H2,(H,13,15)(H,16,17). The van der Waals surface area contributed by atoms with Gasteiger partial charge in [-0.05, 0) is 0 Å². The molecular formula is C11H17N3O6S. The number of carboxylic acids is 1. The van der Waals surface area contributed by atoms with E-state index in [4.69, 9.17) is 5.11 Å². The van der Waals surface area contributed by atoms with Gasteiger partial charge in [0.1, 0.15) is 6.04 Å². The van der Waals surface area contributed by atoms with E-state index < -0.39 is 34.3 Å². The molecule has 2 aliphatic rings. The van der Waals surface area contributed by atoms with Crippen molar-refractivity contribution in [2.75, 3.05) is 31.1 Å². The maximum Gasteiger partial charge on any atom is 0.305 e. The molecule has 3 N–H and O–H groups in total. The van der Waals surface area contributed by atoms with E-state index in [0.717, 1.165) is 0 Å². The molecule has 2 rings (SSSR count). The lowest BCUT2D eigenvalue weighted by Gasteiger charge is -2.37. The van der Waals surface area contributed by atoms with E-state index in [9.17, 15) is 22.8 Å². The lowest BCUT2D eigenvalue weighted by molar-refractivity contribution is -0.141. The van der Waals surface area contributed by atoms with Crippen LogP contribution in [0.2, 0.25) is 0 Å². The average Bonchev–Trinajstić information content (AvgIpc) is 2.37. The Labute approximate surface area is 121 Å². The number of piperazine rings is 1. The minimum Gasteiger partial charge on any atom is -0.481 e. The second-order valence-electron chi connectivity index (χ2n) is 5.14. The predicted molar refractivity (Wildman–Crippen MR) is 71.2 cm³/mol. The highest BCUT2D eigenvalue weighted by atomic mass is 32.2. The van der Waals surface area contributed by atoms with Crippen molar-refractivity contribution in [1.29, 1.82) is 0 Å². The van der Waals surface area contributed by atoms with E-state index in [2.05, 4.69) is 10.6 Å². The van der Waals surface area contributed by atoms with Crippen molar-refractivity contribution < 1.29 is 27.9 Å². The summed E-state index contributed by atoms with van der Waals surface area (Å²) >= 11 is 0. The monoisotopic (exact) mass is 319 g/mol. The summed E-state index contributed by atoms with van der Waals surface area (Å²) in [4.78, 5) is 35.6.